The first-order chi connectivity index (χ1) is 14.6. The number of nitrogens with one attached hydrogen (secondary N) is 3. The van der Waals surface area contributed by atoms with E-state index in [0.717, 1.165) is 36.2 Å². The fourth-order valence-electron chi connectivity index (χ4n) is 4.88. The van der Waals surface area contributed by atoms with Crippen LogP contribution in [0.15, 0.2) is 12.4 Å². The minimum atomic E-state index is 0.326. The number of hydrogen-bond donors (Lipinski definition) is 3. The van der Waals surface area contributed by atoms with E-state index in [9.17, 15) is 0 Å². The molecule has 2 aliphatic rings. The molecule has 5 heterocycles. The zero-order valence-electron chi connectivity index (χ0n) is 17.3. The van der Waals surface area contributed by atoms with Gasteiger partial charge in [0.15, 0.2) is 22.8 Å². The molecule has 3 aromatic rings. The number of aromatic amines is 1. The Kier molecular flexibility index (Phi) is 4.75. The third-order valence-electron chi connectivity index (χ3n) is 6.21. The van der Waals surface area contributed by atoms with E-state index in [1.807, 2.05) is 24.6 Å². The summed E-state index contributed by atoms with van der Waals surface area (Å²) in [6, 6.07) is 5.62. The molecule has 156 valence electrons. The van der Waals surface area contributed by atoms with Crippen molar-refractivity contribution in [2.45, 2.75) is 57.2 Å². The van der Waals surface area contributed by atoms with Gasteiger partial charge in [-0.15, -0.1) is 0 Å². The summed E-state index contributed by atoms with van der Waals surface area (Å²) < 4.78 is 1.90. The van der Waals surface area contributed by atoms with Crippen LogP contribution < -0.4 is 10.6 Å². The SMILES string of the molecule is Cc1cc(Nc2nc(NC3C[C@H]4CC[C@@H](C3)N4CCC#N)nc3c2ncn3C)n[nH]1. The highest BCUT2D eigenvalue weighted by Gasteiger charge is 2.40. The van der Waals surface area contributed by atoms with Crippen molar-refractivity contribution in [3.8, 4) is 6.07 Å². The molecule has 10 nitrogen and oxygen atoms in total. The van der Waals surface area contributed by atoms with E-state index in [0.29, 0.717) is 42.1 Å². The zero-order valence-corrected chi connectivity index (χ0v) is 17.3. The lowest BCUT2D eigenvalue weighted by Crippen LogP contribution is -2.47. The normalized spacial score (nSPS) is 23.6. The summed E-state index contributed by atoms with van der Waals surface area (Å²) in [6.07, 6.45) is 6.87. The van der Waals surface area contributed by atoms with Crippen molar-refractivity contribution in [1.29, 1.82) is 5.26 Å². The summed E-state index contributed by atoms with van der Waals surface area (Å²) in [5.74, 6) is 1.95. The number of nitrogens with zero attached hydrogens (tertiary/aromatic N) is 7. The summed E-state index contributed by atoms with van der Waals surface area (Å²) in [7, 11) is 1.93. The Hall–Kier alpha value is -3.19. The molecule has 2 fully saturated rings. The van der Waals surface area contributed by atoms with Crippen LogP contribution in [0.4, 0.5) is 17.6 Å². The van der Waals surface area contributed by atoms with Crippen molar-refractivity contribution in [1.82, 2.24) is 34.6 Å². The Bertz CT molecular complexity index is 1080. The molecule has 0 aliphatic carbocycles. The number of hydrogen-bond acceptors (Lipinski definition) is 8. The Morgan fingerprint density at radius 2 is 2.07 bits per heavy atom. The molecule has 2 aliphatic heterocycles. The molecule has 1 unspecified atom stereocenters. The number of imidazole rings is 1. The van der Waals surface area contributed by atoms with Crippen molar-refractivity contribution >= 4 is 28.7 Å². The second kappa shape index (κ2) is 7.57. The monoisotopic (exact) mass is 406 g/mol. The van der Waals surface area contributed by atoms with E-state index >= 15 is 0 Å². The van der Waals surface area contributed by atoms with Gasteiger partial charge in [-0.25, -0.2) is 4.98 Å². The van der Waals surface area contributed by atoms with Crippen LogP contribution in [0.3, 0.4) is 0 Å². The number of aryl methyl sites for hydroxylation is 2. The second-order valence-corrected chi connectivity index (χ2v) is 8.33. The number of rotatable bonds is 6. The van der Waals surface area contributed by atoms with Gasteiger partial charge in [-0.3, -0.25) is 10.00 Å². The third kappa shape index (κ3) is 3.45. The number of anilines is 3. The van der Waals surface area contributed by atoms with Crippen molar-refractivity contribution in [3.05, 3.63) is 18.1 Å². The van der Waals surface area contributed by atoms with Gasteiger partial charge >= 0.3 is 0 Å². The van der Waals surface area contributed by atoms with Crippen LogP contribution in [0.2, 0.25) is 0 Å². The molecule has 3 N–H and O–H groups in total. The Labute approximate surface area is 174 Å². The van der Waals surface area contributed by atoms with E-state index in [1.165, 1.54) is 12.8 Å². The van der Waals surface area contributed by atoms with E-state index in [4.69, 9.17) is 15.2 Å². The van der Waals surface area contributed by atoms with Gasteiger partial charge in [-0.1, -0.05) is 0 Å². The summed E-state index contributed by atoms with van der Waals surface area (Å²) in [6.45, 7) is 2.84. The Morgan fingerprint density at radius 1 is 1.27 bits per heavy atom. The second-order valence-electron chi connectivity index (χ2n) is 8.33. The minimum absolute atomic E-state index is 0.326. The lowest BCUT2D eigenvalue weighted by molar-refractivity contribution is 0.135. The van der Waals surface area contributed by atoms with Gasteiger partial charge in [-0.2, -0.15) is 20.3 Å². The van der Waals surface area contributed by atoms with Crippen LogP contribution in [0, 0.1) is 18.3 Å². The molecular weight excluding hydrogens is 380 g/mol. The maximum absolute atomic E-state index is 8.94. The van der Waals surface area contributed by atoms with Gasteiger partial charge in [0.1, 0.15) is 0 Å². The van der Waals surface area contributed by atoms with Gasteiger partial charge in [0, 0.05) is 49.9 Å². The summed E-state index contributed by atoms with van der Waals surface area (Å²) in [5.41, 5.74) is 2.47. The number of fused-ring (bicyclic) bond motifs is 3. The fourth-order valence-corrected chi connectivity index (χ4v) is 4.88. The van der Waals surface area contributed by atoms with Crippen LogP contribution in [0.25, 0.3) is 11.2 Å². The van der Waals surface area contributed by atoms with Gasteiger partial charge < -0.3 is 15.2 Å². The quantitative estimate of drug-likeness (QED) is 0.570. The predicted molar refractivity (Wildman–Crippen MR) is 113 cm³/mol. The molecule has 5 rings (SSSR count). The first kappa shape index (κ1) is 18.8. The van der Waals surface area contributed by atoms with Gasteiger partial charge in [0.2, 0.25) is 5.95 Å². The average Bonchev–Trinajstić information content (AvgIpc) is 3.37. The number of H-pyrrole nitrogens is 1. The Balaban J connectivity index is 1.37. The molecule has 2 bridgehead atoms. The number of nitriles is 1. The van der Waals surface area contributed by atoms with Crippen LogP contribution in [0.5, 0.6) is 0 Å². The zero-order chi connectivity index (χ0) is 20.7. The predicted octanol–water partition coefficient (Wildman–Crippen LogP) is 2.46. The summed E-state index contributed by atoms with van der Waals surface area (Å²) >= 11 is 0. The maximum Gasteiger partial charge on any atom is 0.227 e. The topological polar surface area (TPSA) is 123 Å². The first-order valence-electron chi connectivity index (χ1n) is 10.5. The molecule has 30 heavy (non-hydrogen) atoms. The van der Waals surface area contributed by atoms with Crippen molar-refractivity contribution in [3.63, 3.8) is 0 Å². The molecule has 0 radical (unpaired) electrons. The smallest absolute Gasteiger partial charge is 0.227 e. The van der Waals surface area contributed by atoms with Crippen LogP contribution in [-0.2, 0) is 7.05 Å². The van der Waals surface area contributed by atoms with Crippen molar-refractivity contribution < 1.29 is 0 Å². The van der Waals surface area contributed by atoms with E-state index in [2.05, 4.69) is 36.8 Å². The third-order valence-corrected chi connectivity index (χ3v) is 6.21. The van der Waals surface area contributed by atoms with E-state index in [1.54, 1.807) is 6.33 Å². The highest BCUT2D eigenvalue weighted by Crippen LogP contribution is 2.36. The molecule has 0 saturated carbocycles. The van der Waals surface area contributed by atoms with Crippen molar-refractivity contribution in [2.24, 2.45) is 7.05 Å². The highest BCUT2D eigenvalue weighted by molar-refractivity contribution is 5.86. The Morgan fingerprint density at radius 3 is 2.77 bits per heavy atom. The lowest BCUT2D eigenvalue weighted by atomic mass is 9.97. The summed E-state index contributed by atoms with van der Waals surface area (Å²) in [5, 5.41) is 23.0. The summed E-state index contributed by atoms with van der Waals surface area (Å²) in [4.78, 5) is 16.4. The van der Waals surface area contributed by atoms with E-state index in [-0.39, 0.29) is 0 Å². The van der Waals surface area contributed by atoms with E-state index < -0.39 is 0 Å². The minimum Gasteiger partial charge on any atom is -0.351 e. The molecule has 0 spiro atoms. The van der Waals surface area contributed by atoms with Crippen molar-refractivity contribution in [2.75, 3.05) is 17.2 Å². The first-order valence-corrected chi connectivity index (χ1v) is 10.5. The maximum atomic E-state index is 8.94. The van der Waals surface area contributed by atoms with Gasteiger partial charge in [0.05, 0.1) is 12.4 Å². The molecular formula is C20H26N10. The lowest BCUT2D eigenvalue weighted by Gasteiger charge is -2.38. The van der Waals surface area contributed by atoms with Crippen LogP contribution >= 0.6 is 0 Å². The highest BCUT2D eigenvalue weighted by atomic mass is 15.3. The number of piperidine rings is 1. The van der Waals surface area contributed by atoms with Gasteiger partial charge in [-0.05, 0) is 32.6 Å². The number of aromatic nitrogens is 6. The standard InChI is InChI=1S/C20H26N10/c1-12-8-16(28-27-12)24-18-17-19(29(2)11-22-17)26-20(25-18)23-13-9-14-4-5-15(10-13)30(14)7-3-6-21/h8,11,13-15H,3-5,7,9-10H2,1-2H3,(H3,23,24,25,26,27,28)/t13?,14-,15+. The molecule has 0 aromatic carbocycles. The molecule has 3 atom stereocenters. The van der Waals surface area contributed by atoms with Crippen LogP contribution in [0.1, 0.15) is 37.8 Å². The largest absolute Gasteiger partial charge is 0.351 e. The molecule has 3 aromatic heterocycles. The fraction of sp³-hybridized carbons (Fsp3) is 0.550. The van der Waals surface area contributed by atoms with Crippen LogP contribution in [-0.4, -0.2) is 59.3 Å². The average molecular weight is 406 g/mol. The van der Waals surface area contributed by atoms with Gasteiger partial charge in [0.25, 0.3) is 0 Å². The molecule has 10 heteroatoms. The molecule has 2 saturated heterocycles. The molecule has 0 amide bonds.